The fourth-order valence-corrected chi connectivity index (χ4v) is 1.98. The number of carbonyl (C=O) groups excluding carboxylic acids is 1. The summed E-state index contributed by atoms with van der Waals surface area (Å²) in [7, 11) is 0. The summed E-state index contributed by atoms with van der Waals surface area (Å²) in [6.07, 6.45) is 0.801. The smallest absolute Gasteiger partial charge is 0.159 e. The predicted molar refractivity (Wildman–Crippen MR) is 77.1 cm³/mol. The van der Waals surface area contributed by atoms with E-state index in [1.54, 1.807) is 19.1 Å². The molecule has 2 aromatic carbocycles. The molecule has 0 spiro atoms. The van der Waals surface area contributed by atoms with Crippen LogP contribution in [-0.4, -0.2) is 12.4 Å². The zero-order valence-electron chi connectivity index (χ0n) is 10.7. The largest absolute Gasteiger partial charge is 0.493 e. The van der Waals surface area contributed by atoms with Gasteiger partial charge in [-0.15, -0.1) is 0 Å². The molecule has 0 heterocycles. The van der Waals surface area contributed by atoms with Crippen molar-refractivity contribution in [3.63, 3.8) is 0 Å². The highest BCUT2D eigenvalue weighted by molar-refractivity contribution is 6.30. The van der Waals surface area contributed by atoms with E-state index in [9.17, 15) is 4.79 Å². The Labute approximate surface area is 118 Å². The summed E-state index contributed by atoms with van der Waals surface area (Å²) < 4.78 is 5.63. The molecule has 2 rings (SSSR count). The Morgan fingerprint density at radius 1 is 1.16 bits per heavy atom. The standard InChI is InChI=1S/C16H15ClO2/c1-12(18)14-5-7-16(8-6-14)19-10-9-13-3-2-4-15(17)11-13/h2-8,11H,9-10H2,1H3. The molecule has 19 heavy (non-hydrogen) atoms. The molecular formula is C16H15ClO2. The number of carbonyl (C=O) groups is 1. The summed E-state index contributed by atoms with van der Waals surface area (Å²) in [6.45, 7) is 2.13. The van der Waals surface area contributed by atoms with Gasteiger partial charge in [-0.3, -0.25) is 4.79 Å². The molecule has 0 aliphatic rings. The molecule has 2 aromatic rings. The van der Waals surface area contributed by atoms with Crippen molar-refractivity contribution in [1.82, 2.24) is 0 Å². The fraction of sp³-hybridized carbons (Fsp3) is 0.188. The van der Waals surface area contributed by atoms with Crippen LogP contribution in [0.15, 0.2) is 48.5 Å². The molecule has 2 nitrogen and oxygen atoms in total. The fourth-order valence-electron chi connectivity index (χ4n) is 1.77. The van der Waals surface area contributed by atoms with Gasteiger partial charge in [-0.25, -0.2) is 0 Å². The Balaban J connectivity index is 1.87. The van der Waals surface area contributed by atoms with Gasteiger partial charge in [0.1, 0.15) is 5.75 Å². The summed E-state index contributed by atoms with van der Waals surface area (Å²) in [6, 6.07) is 14.9. The number of hydrogen-bond acceptors (Lipinski definition) is 2. The van der Waals surface area contributed by atoms with Crippen molar-refractivity contribution in [2.45, 2.75) is 13.3 Å². The van der Waals surface area contributed by atoms with Crippen LogP contribution in [0.4, 0.5) is 0 Å². The maximum atomic E-state index is 11.1. The highest BCUT2D eigenvalue weighted by Gasteiger charge is 2.00. The average Bonchev–Trinajstić information content (AvgIpc) is 2.39. The third-order valence-corrected chi connectivity index (χ3v) is 3.04. The summed E-state index contributed by atoms with van der Waals surface area (Å²) >= 11 is 5.92. The second-order valence-corrected chi connectivity index (χ2v) is 4.75. The lowest BCUT2D eigenvalue weighted by Crippen LogP contribution is -2.01. The van der Waals surface area contributed by atoms with Crippen LogP contribution in [0.5, 0.6) is 5.75 Å². The Kier molecular flexibility index (Phi) is 4.58. The molecule has 0 atom stereocenters. The van der Waals surface area contributed by atoms with Gasteiger partial charge in [0.15, 0.2) is 5.78 Å². The molecule has 0 aliphatic carbocycles. The van der Waals surface area contributed by atoms with E-state index < -0.39 is 0 Å². The molecule has 0 unspecified atom stereocenters. The monoisotopic (exact) mass is 274 g/mol. The van der Waals surface area contributed by atoms with E-state index >= 15 is 0 Å². The number of rotatable bonds is 5. The molecule has 98 valence electrons. The summed E-state index contributed by atoms with van der Waals surface area (Å²) in [4.78, 5) is 11.1. The van der Waals surface area contributed by atoms with Crippen LogP contribution in [0.25, 0.3) is 0 Å². The quantitative estimate of drug-likeness (QED) is 0.765. The molecule has 0 radical (unpaired) electrons. The molecule has 0 saturated carbocycles. The van der Waals surface area contributed by atoms with Crippen LogP contribution in [0, 0.1) is 0 Å². The van der Waals surface area contributed by atoms with Crippen molar-refractivity contribution in [2.24, 2.45) is 0 Å². The van der Waals surface area contributed by atoms with Gasteiger partial charge in [0, 0.05) is 17.0 Å². The molecule has 0 saturated heterocycles. The minimum absolute atomic E-state index is 0.0606. The molecule has 0 N–H and O–H groups in total. The minimum atomic E-state index is 0.0606. The van der Waals surface area contributed by atoms with Gasteiger partial charge in [0.05, 0.1) is 6.61 Å². The zero-order valence-corrected chi connectivity index (χ0v) is 11.5. The first-order valence-corrected chi connectivity index (χ1v) is 6.51. The molecule has 0 bridgehead atoms. The topological polar surface area (TPSA) is 26.3 Å². The van der Waals surface area contributed by atoms with Crippen molar-refractivity contribution in [3.05, 3.63) is 64.7 Å². The van der Waals surface area contributed by atoms with Gasteiger partial charge < -0.3 is 4.74 Å². The normalized spacial score (nSPS) is 10.2. The third kappa shape index (κ3) is 4.11. The van der Waals surface area contributed by atoms with E-state index in [2.05, 4.69) is 0 Å². The molecule has 3 heteroatoms. The average molecular weight is 275 g/mol. The van der Waals surface area contributed by atoms with E-state index in [0.29, 0.717) is 12.2 Å². The zero-order chi connectivity index (χ0) is 13.7. The Hall–Kier alpha value is -1.80. The number of Topliss-reactive ketones (excluding diaryl/α,β-unsaturated/α-hetero) is 1. The second-order valence-electron chi connectivity index (χ2n) is 4.31. The van der Waals surface area contributed by atoms with Gasteiger partial charge in [0.25, 0.3) is 0 Å². The lowest BCUT2D eigenvalue weighted by molar-refractivity contribution is 0.101. The summed E-state index contributed by atoms with van der Waals surface area (Å²) in [5, 5.41) is 0.739. The minimum Gasteiger partial charge on any atom is -0.493 e. The number of ketones is 1. The Morgan fingerprint density at radius 2 is 1.89 bits per heavy atom. The van der Waals surface area contributed by atoms with Crippen molar-refractivity contribution < 1.29 is 9.53 Å². The molecule has 0 amide bonds. The first-order chi connectivity index (χ1) is 9.15. The highest BCUT2D eigenvalue weighted by atomic mass is 35.5. The molecular weight excluding hydrogens is 260 g/mol. The first-order valence-electron chi connectivity index (χ1n) is 6.13. The van der Waals surface area contributed by atoms with Crippen molar-refractivity contribution in [3.8, 4) is 5.75 Å². The van der Waals surface area contributed by atoms with Crippen LogP contribution >= 0.6 is 11.6 Å². The maximum Gasteiger partial charge on any atom is 0.159 e. The SMILES string of the molecule is CC(=O)c1ccc(OCCc2cccc(Cl)c2)cc1. The maximum absolute atomic E-state index is 11.1. The van der Waals surface area contributed by atoms with Gasteiger partial charge in [-0.1, -0.05) is 23.7 Å². The van der Waals surface area contributed by atoms with Crippen LogP contribution in [0.3, 0.4) is 0 Å². The number of benzene rings is 2. The Bertz CT molecular complexity index is 561. The van der Waals surface area contributed by atoms with Crippen LogP contribution in [0.2, 0.25) is 5.02 Å². The summed E-state index contributed by atoms with van der Waals surface area (Å²) in [5.41, 5.74) is 1.84. The van der Waals surface area contributed by atoms with E-state index in [1.807, 2.05) is 36.4 Å². The first kappa shape index (κ1) is 13.6. The van der Waals surface area contributed by atoms with E-state index in [4.69, 9.17) is 16.3 Å². The number of hydrogen-bond donors (Lipinski definition) is 0. The number of ether oxygens (including phenoxy) is 1. The number of halogens is 1. The summed E-state index contributed by atoms with van der Waals surface area (Å²) in [5.74, 6) is 0.831. The highest BCUT2D eigenvalue weighted by Crippen LogP contribution is 2.14. The van der Waals surface area contributed by atoms with E-state index in [-0.39, 0.29) is 5.78 Å². The third-order valence-electron chi connectivity index (χ3n) is 2.81. The van der Waals surface area contributed by atoms with E-state index in [1.165, 1.54) is 0 Å². The van der Waals surface area contributed by atoms with Gasteiger partial charge >= 0.3 is 0 Å². The van der Waals surface area contributed by atoms with Crippen LogP contribution in [-0.2, 0) is 6.42 Å². The van der Waals surface area contributed by atoms with Crippen molar-refractivity contribution in [2.75, 3.05) is 6.61 Å². The lowest BCUT2D eigenvalue weighted by atomic mass is 10.1. The lowest BCUT2D eigenvalue weighted by Gasteiger charge is -2.07. The van der Waals surface area contributed by atoms with Gasteiger partial charge in [0.2, 0.25) is 0 Å². The van der Waals surface area contributed by atoms with Crippen LogP contribution in [0.1, 0.15) is 22.8 Å². The van der Waals surface area contributed by atoms with Crippen molar-refractivity contribution >= 4 is 17.4 Å². The molecule has 0 aromatic heterocycles. The second kappa shape index (κ2) is 6.39. The van der Waals surface area contributed by atoms with Crippen LogP contribution < -0.4 is 4.74 Å². The Morgan fingerprint density at radius 3 is 2.53 bits per heavy atom. The molecule has 0 aliphatic heterocycles. The molecule has 0 fully saturated rings. The van der Waals surface area contributed by atoms with Gasteiger partial charge in [-0.05, 0) is 48.9 Å². The van der Waals surface area contributed by atoms with Gasteiger partial charge in [-0.2, -0.15) is 0 Å². The van der Waals surface area contributed by atoms with Crippen molar-refractivity contribution in [1.29, 1.82) is 0 Å². The van der Waals surface area contributed by atoms with E-state index in [0.717, 1.165) is 22.8 Å². The predicted octanol–water partition coefficient (Wildman–Crippen LogP) is 4.16.